The van der Waals surface area contributed by atoms with Crippen LogP contribution in [-0.2, 0) is 25.6 Å². The monoisotopic (exact) mass is 349 g/mol. The molecular formula is C14H14F3NO4S. The van der Waals surface area contributed by atoms with E-state index in [9.17, 15) is 26.4 Å². The van der Waals surface area contributed by atoms with Gasteiger partial charge < -0.3 is 4.18 Å². The fourth-order valence-corrected chi connectivity index (χ4v) is 2.73. The van der Waals surface area contributed by atoms with Crippen LogP contribution in [0.2, 0.25) is 0 Å². The number of halogens is 3. The van der Waals surface area contributed by atoms with Crippen LogP contribution in [0.3, 0.4) is 0 Å². The molecule has 0 spiro atoms. The van der Waals surface area contributed by atoms with Crippen molar-refractivity contribution in [2.45, 2.75) is 18.5 Å². The van der Waals surface area contributed by atoms with E-state index in [-0.39, 0.29) is 25.1 Å². The zero-order valence-electron chi connectivity index (χ0n) is 11.9. The third-order valence-corrected chi connectivity index (χ3v) is 4.28. The minimum Gasteiger partial charge on any atom is -0.380 e. The summed E-state index contributed by atoms with van der Waals surface area (Å²) in [5, 5.41) is 0. The zero-order chi connectivity index (χ0) is 17.1. The molecule has 0 N–H and O–H groups in total. The maximum absolute atomic E-state index is 12.3. The molecule has 0 atom stereocenters. The van der Waals surface area contributed by atoms with Crippen LogP contribution in [0.15, 0.2) is 41.7 Å². The molecule has 2 rings (SSSR count). The molecule has 0 aliphatic carbocycles. The maximum atomic E-state index is 12.3. The van der Waals surface area contributed by atoms with Crippen molar-refractivity contribution in [3.8, 4) is 0 Å². The largest absolute Gasteiger partial charge is 0.534 e. The third kappa shape index (κ3) is 4.32. The van der Waals surface area contributed by atoms with Gasteiger partial charge in [0.25, 0.3) is 0 Å². The lowest BCUT2D eigenvalue weighted by molar-refractivity contribution is -0.105. The van der Waals surface area contributed by atoms with Gasteiger partial charge >= 0.3 is 15.6 Å². The average molecular weight is 349 g/mol. The maximum Gasteiger partial charge on any atom is 0.534 e. The third-order valence-electron chi connectivity index (χ3n) is 3.29. The van der Waals surface area contributed by atoms with E-state index in [4.69, 9.17) is 0 Å². The number of hydrogen-bond acceptors (Lipinski definition) is 5. The van der Waals surface area contributed by atoms with Gasteiger partial charge in [0.05, 0.1) is 0 Å². The Morgan fingerprint density at radius 2 is 1.87 bits per heavy atom. The molecule has 0 unspecified atom stereocenters. The summed E-state index contributed by atoms with van der Waals surface area (Å²) in [7, 11) is -5.75. The van der Waals surface area contributed by atoms with E-state index in [1.807, 2.05) is 35.2 Å². The van der Waals surface area contributed by atoms with Gasteiger partial charge in [-0.05, 0) is 5.56 Å². The van der Waals surface area contributed by atoms with E-state index in [1.54, 1.807) is 0 Å². The summed E-state index contributed by atoms with van der Waals surface area (Å²) in [4.78, 5) is 12.9. The minimum atomic E-state index is -5.75. The molecule has 0 radical (unpaired) electrons. The van der Waals surface area contributed by atoms with Gasteiger partial charge in [0.15, 0.2) is 6.29 Å². The number of aldehydes is 1. The van der Waals surface area contributed by atoms with Crippen LogP contribution < -0.4 is 0 Å². The molecule has 0 fully saturated rings. The van der Waals surface area contributed by atoms with Crippen molar-refractivity contribution in [1.82, 2.24) is 4.90 Å². The number of benzene rings is 1. The predicted octanol–water partition coefficient (Wildman–Crippen LogP) is 2.21. The van der Waals surface area contributed by atoms with Crippen molar-refractivity contribution in [3.63, 3.8) is 0 Å². The van der Waals surface area contributed by atoms with Crippen molar-refractivity contribution in [2.75, 3.05) is 13.1 Å². The highest BCUT2D eigenvalue weighted by Gasteiger charge is 2.49. The topological polar surface area (TPSA) is 63.7 Å². The first kappa shape index (κ1) is 17.5. The van der Waals surface area contributed by atoms with Gasteiger partial charge in [-0.25, -0.2) is 0 Å². The highest BCUT2D eigenvalue weighted by atomic mass is 32.2. The quantitative estimate of drug-likeness (QED) is 0.463. The Morgan fingerprint density at radius 1 is 1.22 bits per heavy atom. The number of rotatable bonds is 5. The fourth-order valence-electron chi connectivity index (χ4n) is 2.18. The molecular weight excluding hydrogens is 335 g/mol. The molecule has 1 aromatic carbocycles. The summed E-state index contributed by atoms with van der Waals surface area (Å²) in [6.07, 6.45) is 0.245. The van der Waals surface area contributed by atoms with Crippen molar-refractivity contribution in [3.05, 3.63) is 47.2 Å². The molecule has 1 aliphatic rings. The van der Waals surface area contributed by atoms with Crippen molar-refractivity contribution < 1.29 is 30.6 Å². The molecule has 0 aromatic heterocycles. The van der Waals surface area contributed by atoms with Crippen LogP contribution >= 0.6 is 0 Å². The SMILES string of the molecule is O=CC1=C(OS(=O)(=O)C(F)(F)F)CCN(Cc2ccccc2)C1. The lowest BCUT2D eigenvalue weighted by Crippen LogP contribution is -2.34. The van der Waals surface area contributed by atoms with E-state index in [0.717, 1.165) is 5.56 Å². The van der Waals surface area contributed by atoms with E-state index >= 15 is 0 Å². The summed E-state index contributed by atoms with van der Waals surface area (Å²) in [6, 6.07) is 9.31. The lowest BCUT2D eigenvalue weighted by atomic mass is 10.1. The fraction of sp³-hybridized carbons (Fsp3) is 0.357. The zero-order valence-corrected chi connectivity index (χ0v) is 12.7. The van der Waals surface area contributed by atoms with Gasteiger partial charge in [-0.2, -0.15) is 21.6 Å². The van der Waals surface area contributed by atoms with Crippen LogP contribution in [0.4, 0.5) is 13.2 Å². The van der Waals surface area contributed by atoms with Crippen LogP contribution in [0, 0.1) is 0 Å². The van der Waals surface area contributed by atoms with Crippen molar-refractivity contribution >= 4 is 16.4 Å². The van der Waals surface area contributed by atoms with Gasteiger partial charge in [-0.1, -0.05) is 30.3 Å². The molecule has 23 heavy (non-hydrogen) atoms. The molecule has 5 nitrogen and oxygen atoms in total. The second-order valence-electron chi connectivity index (χ2n) is 5.00. The Hall–Kier alpha value is -1.87. The predicted molar refractivity (Wildman–Crippen MR) is 75.5 cm³/mol. The van der Waals surface area contributed by atoms with E-state index in [2.05, 4.69) is 4.18 Å². The Balaban J connectivity index is 2.12. The Labute approximate surface area is 131 Å². The average Bonchev–Trinajstić information content (AvgIpc) is 2.48. The molecule has 9 heteroatoms. The number of nitrogens with zero attached hydrogens (tertiary/aromatic N) is 1. The van der Waals surface area contributed by atoms with Crippen LogP contribution in [0.1, 0.15) is 12.0 Å². The first-order valence-corrected chi connectivity index (χ1v) is 8.08. The molecule has 1 aromatic rings. The van der Waals surface area contributed by atoms with Gasteiger partial charge in [0, 0.05) is 31.6 Å². The first-order chi connectivity index (χ1) is 10.7. The van der Waals surface area contributed by atoms with Gasteiger partial charge in [-0.3, -0.25) is 9.69 Å². The minimum absolute atomic E-state index is 0.0289. The summed E-state index contributed by atoms with van der Waals surface area (Å²) < 4.78 is 63.2. The molecule has 0 saturated carbocycles. The molecule has 0 bridgehead atoms. The van der Waals surface area contributed by atoms with E-state index < -0.39 is 21.4 Å². The van der Waals surface area contributed by atoms with Gasteiger partial charge in [0.1, 0.15) is 5.76 Å². The second-order valence-corrected chi connectivity index (χ2v) is 6.53. The van der Waals surface area contributed by atoms with Crippen LogP contribution in [0.25, 0.3) is 0 Å². The highest BCUT2D eigenvalue weighted by molar-refractivity contribution is 7.87. The number of alkyl halides is 3. The molecule has 0 saturated heterocycles. The normalized spacial score (nSPS) is 17.2. The van der Waals surface area contributed by atoms with Crippen LogP contribution in [0.5, 0.6) is 0 Å². The highest BCUT2D eigenvalue weighted by Crippen LogP contribution is 2.29. The Morgan fingerprint density at radius 3 is 2.43 bits per heavy atom. The van der Waals surface area contributed by atoms with Crippen molar-refractivity contribution in [1.29, 1.82) is 0 Å². The molecule has 1 heterocycles. The number of carbonyl (C=O) groups excluding carboxylic acids is 1. The standard InChI is InChI=1S/C14H14F3NO4S/c15-14(16,17)23(20,21)22-13-6-7-18(9-12(13)10-19)8-11-4-2-1-3-5-11/h1-5,10H,6-9H2. The van der Waals surface area contributed by atoms with Gasteiger partial charge in [0.2, 0.25) is 0 Å². The van der Waals surface area contributed by atoms with Crippen LogP contribution in [-0.4, -0.2) is 38.2 Å². The van der Waals surface area contributed by atoms with Gasteiger partial charge in [-0.15, -0.1) is 0 Å². The Kier molecular flexibility index (Phi) is 5.10. The van der Waals surface area contributed by atoms with E-state index in [1.165, 1.54) is 0 Å². The number of carbonyl (C=O) groups is 1. The van der Waals surface area contributed by atoms with Crippen molar-refractivity contribution in [2.24, 2.45) is 0 Å². The summed E-state index contributed by atoms with van der Waals surface area (Å²) in [5.74, 6) is -0.443. The lowest BCUT2D eigenvalue weighted by Gasteiger charge is -2.28. The summed E-state index contributed by atoms with van der Waals surface area (Å²) >= 11 is 0. The Bertz CT molecular complexity index is 698. The molecule has 126 valence electrons. The first-order valence-electron chi connectivity index (χ1n) is 6.67. The smallest absolute Gasteiger partial charge is 0.380 e. The number of hydrogen-bond donors (Lipinski definition) is 0. The molecule has 0 amide bonds. The summed E-state index contributed by atoms with van der Waals surface area (Å²) in [5.41, 5.74) is -4.64. The van der Waals surface area contributed by atoms with E-state index in [0.29, 0.717) is 12.8 Å². The second kappa shape index (κ2) is 6.71. The summed E-state index contributed by atoms with van der Waals surface area (Å²) in [6.45, 7) is 0.813. The molecule has 1 aliphatic heterocycles.